The van der Waals surface area contributed by atoms with Crippen LogP contribution in [0, 0.1) is 0 Å². The molecule has 0 amide bonds. The van der Waals surface area contributed by atoms with Crippen LogP contribution >= 0.6 is 12.4 Å². The lowest BCUT2D eigenvalue weighted by atomic mass is 10.0. The van der Waals surface area contributed by atoms with Gasteiger partial charge in [0.05, 0.1) is 6.61 Å². The van der Waals surface area contributed by atoms with E-state index < -0.39 is 12.0 Å². The fraction of sp³-hybridized carbons (Fsp3) is 0.741. The van der Waals surface area contributed by atoms with Gasteiger partial charge in [0.2, 0.25) is 0 Å². The van der Waals surface area contributed by atoms with Gasteiger partial charge in [-0.05, 0) is 30.5 Å². The molecule has 0 saturated carbocycles. The number of hydrogen-bond donors (Lipinski definition) is 2. The van der Waals surface area contributed by atoms with E-state index in [1.807, 2.05) is 24.3 Å². The van der Waals surface area contributed by atoms with Gasteiger partial charge < -0.3 is 15.6 Å². The Bertz CT molecular complexity index is 550. The first-order valence-corrected chi connectivity index (χ1v) is 12.8. The summed E-state index contributed by atoms with van der Waals surface area (Å²) in [6.07, 6.45) is 22.3. The van der Waals surface area contributed by atoms with E-state index in [9.17, 15) is 4.79 Å². The number of unbranched alkanes of at least 4 members (excludes halogenated alkanes) is 15. The number of hydrogen-bond acceptors (Lipinski definition) is 3. The van der Waals surface area contributed by atoms with Crippen LogP contribution in [0.2, 0.25) is 0 Å². The summed E-state index contributed by atoms with van der Waals surface area (Å²) in [6.45, 7) is 3.02. The van der Waals surface area contributed by atoms with Crippen LogP contribution < -0.4 is 10.5 Å². The molecule has 0 spiro atoms. The minimum absolute atomic E-state index is 0. The Hall–Kier alpha value is -1.26. The normalized spacial score (nSPS) is 11.7. The molecular formula is C27H48ClNO3. The summed E-state index contributed by atoms with van der Waals surface area (Å²) < 4.78 is 5.78. The summed E-state index contributed by atoms with van der Waals surface area (Å²) in [4.78, 5) is 10.8. The van der Waals surface area contributed by atoms with Gasteiger partial charge in [0.1, 0.15) is 11.8 Å². The van der Waals surface area contributed by atoms with Crippen molar-refractivity contribution < 1.29 is 14.6 Å². The third kappa shape index (κ3) is 17.3. The van der Waals surface area contributed by atoms with Gasteiger partial charge in [-0.2, -0.15) is 0 Å². The number of halogens is 1. The average Bonchev–Trinajstić information content (AvgIpc) is 2.77. The largest absolute Gasteiger partial charge is 0.494 e. The van der Waals surface area contributed by atoms with Gasteiger partial charge in [-0.25, -0.2) is 0 Å². The third-order valence-corrected chi connectivity index (χ3v) is 5.96. The SMILES string of the molecule is CCCCCCCCCCCCCCCCCCOc1ccc(C[C@H](N)C(=O)O)cc1.Cl. The quantitative estimate of drug-likeness (QED) is 0.181. The molecule has 0 heterocycles. The first-order chi connectivity index (χ1) is 15.1. The zero-order valence-corrected chi connectivity index (χ0v) is 21.2. The highest BCUT2D eigenvalue weighted by Gasteiger charge is 2.11. The lowest BCUT2D eigenvalue weighted by Gasteiger charge is -2.09. The molecule has 4 nitrogen and oxygen atoms in total. The molecule has 1 aromatic rings. The number of carboxylic acids is 1. The highest BCUT2D eigenvalue weighted by atomic mass is 35.5. The molecule has 0 saturated heterocycles. The van der Waals surface area contributed by atoms with Gasteiger partial charge in [0, 0.05) is 0 Å². The Morgan fingerprint density at radius 1 is 0.781 bits per heavy atom. The summed E-state index contributed by atoms with van der Waals surface area (Å²) in [5.41, 5.74) is 6.48. The molecule has 0 radical (unpaired) electrons. The molecule has 0 aliphatic carbocycles. The number of benzene rings is 1. The van der Waals surface area contributed by atoms with Gasteiger partial charge in [0.25, 0.3) is 0 Å². The molecule has 0 fully saturated rings. The third-order valence-electron chi connectivity index (χ3n) is 5.96. The molecule has 1 aromatic carbocycles. The van der Waals surface area contributed by atoms with Gasteiger partial charge in [0.15, 0.2) is 0 Å². The standard InChI is InChI=1S/C27H47NO3.ClH/c1-2-3-4-5-6-7-8-9-10-11-12-13-14-15-16-17-22-31-25-20-18-24(19-21-25)23-26(28)27(29)30;/h18-21,26H,2-17,22-23,28H2,1H3,(H,29,30);1H/t26-;/m0./s1. The fourth-order valence-electron chi connectivity index (χ4n) is 3.90. The van der Waals surface area contributed by atoms with E-state index >= 15 is 0 Å². The molecule has 0 bridgehead atoms. The highest BCUT2D eigenvalue weighted by molar-refractivity contribution is 5.85. The van der Waals surface area contributed by atoms with E-state index in [-0.39, 0.29) is 12.4 Å². The predicted molar refractivity (Wildman–Crippen MR) is 138 cm³/mol. The van der Waals surface area contributed by atoms with Crippen LogP contribution in [-0.4, -0.2) is 23.7 Å². The van der Waals surface area contributed by atoms with Crippen molar-refractivity contribution in [2.24, 2.45) is 5.73 Å². The van der Waals surface area contributed by atoms with Gasteiger partial charge in [-0.1, -0.05) is 115 Å². The van der Waals surface area contributed by atoms with Crippen LogP contribution in [0.3, 0.4) is 0 Å². The highest BCUT2D eigenvalue weighted by Crippen LogP contribution is 2.16. The lowest BCUT2D eigenvalue weighted by Crippen LogP contribution is -2.32. The van der Waals surface area contributed by atoms with Crippen molar-refractivity contribution in [2.45, 2.75) is 122 Å². The molecule has 5 heteroatoms. The van der Waals surface area contributed by atoms with Crippen molar-refractivity contribution in [2.75, 3.05) is 6.61 Å². The van der Waals surface area contributed by atoms with Crippen LogP contribution in [0.1, 0.15) is 115 Å². The number of carboxylic acid groups (broad SMARTS) is 1. The topological polar surface area (TPSA) is 72.5 Å². The van der Waals surface area contributed by atoms with Gasteiger partial charge >= 0.3 is 5.97 Å². The number of rotatable bonds is 21. The first-order valence-electron chi connectivity index (χ1n) is 12.8. The monoisotopic (exact) mass is 469 g/mol. The molecule has 3 N–H and O–H groups in total. The Morgan fingerprint density at radius 3 is 1.59 bits per heavy atom. The zero-order valence-electron chi connectivity index (χ0n) is 20.4. The molecule has 0 aliphatic heterocycles. The zero-order chi connectivity index (χ0) is 22.6. The number of nitrogens with two attached hydrogens (primary N) is 1. The van der Waals surface area contributed by atoms with Crippen molar-refractivity contribution in [1.29, 1.82) is 0 Å². The second-order valence-corrected chi connectivity index (χ2v) is 8.94. The summed E-state index contributed by atoms with van der Waals surface area (Å²) in [6, 6.07) is 6.74. The van der Waals surface area contributed by atoms with Crippen molar-refractivity contribution in [3.63, 3.8) is 0 Å². The van der Waals surface area contributed by atoms with E-state index in [2.05, 4.69) is 6.92 Å². The Labute approximate surface area is 203 Å². The fourth-order valence-corrected chi connectivity index (χ4v) is 3.90. The minimum Gasteiger partial charge on any atom is -0.494 e. The predicted octanol–water partition coefficient (Wildman–Crippen LogP) is 7.70. The van der Waals surface area contributed by atoms with Crippen LogP contribution in [0.25, 0.3) is 0 Å². The van der Waals surface area contributed by atoms with Crippen LogP contribution in [0.4, 0.5) is 0 Å². The first kappa shape index (κ1) is 30.7. The molecule has 0 unspecified atom stereocenters. The molecular weight excluding hydrogens is 422 g/mol. The Balaban J connectivity index is 0.00000961. The average molecular weight is 470 g/mol. The maximum atomic E-state index is 10.8. The van der Waals surface area contributed by atoms with Crippen LogP contribution in [-0.2, 0) is 11.2 Å². The smallest absolute Gasteiger partial charge is 0.320 e. The summed E-state index contributed by atoms with van der Waals surface area (Å²) in [7, 11) is 0. The summed E-state index contributed by atoms with van der Waals surface area (Å²) >= 11 is 0. The molecule has 186 valence electrons. The van der Waals surface area contributed by atoms with E-state index in [0.29, 0.717) is 6.42 Å². The molecule has 32 heavy (non-hydrogen) atoms. The van der Waals surface area contributed by atoms with Crippen molar-refractivity contribution >= 4 is 18.4 Å². The van der Waals surface area contributed by atoms with Gasteiger partial charge in [-0.3, -0.25) is 4.79 Å². The van der Waals surface area contributed by atoms with E-state index in [4.69, 9.17) is 15.6 Å². The van der Waals surface area contributed by atoms with Crippen molar-refractivity contribution in [1.82, 2.24) is 0 Å². The Morgan fingerprint density at radius 2 is 1.19 bits per heavy atom. The second kappa shape index (κ2) is 21.6. The summed E-state index contributed by atoms with van der Waals surface area (Å²) in [5, 5.41) is 8.86. The van der Waals surface area contributed by atoms with Gasteiger partial charge in [-0.15, -0.1) is 12.4 Å². The van der Waals surface area contributed by atoms with E-state index in [0.717, 1.165) is 24.3 Å². The molecule has 1 rings (SSSR count). The Kier molecular flexibility index (Phi) is 20.7. The second-order valence-electron chi connectivity index (χ2n) is 8.94. The number of aliphatic carboxylic acids is 1. The number of ether oxygens (including phenoxy) is 1. The lowest BCUT2D eigenvalue weighted by molar-refractivity contribution is -0.138. The van der Waals surface area contributed by atoms with E-state index in [1.54, 1.807) is 0 Å². The number of carbonyl (C=O) groups is 1. The molecule has 0 aliphatic rings. The molecule has 0 aromatic heterocycles. The minimum atomic E-state index is -0.969. The van der Waals surface area contributed by atoms with Crippen LogP contribution in [0.5, 0.6) is 5.75 Å². The van der Waals surface area contributed by atoms with Crippen molar-refractivity contribution in [3.8, 4) is 5.75 Å². The maximum absolute atomic E-state index is 10.8. The van der Waals surface area contributed by atoms with Crippen LogP contribution in [0.15, 0.2) is 24.3 Å². The molecule has 1 atom stereocenters. The van der Waals surface area contributed by atoms with E-state index in [1.165, 1.54) is 96.3 Å². The van der Waals surface area contributed by atoms with Crippen molar-refractivity contribution in [3.05, 3.63) is 29.8 Å². The summed E-state index contributed by atoms with van der Waals surface area (Å²) in [5.74, 6) is -0.127. The maximum Gasteiger partial charge on any atom is 0.320 e.